The highest BCUT2D eigenvalue weighted by atomic mass is 33.1. The number of amides is 3. The highest BCUT2D eigenvalue weighted by molar-refractivity contribution is 8.77. The third-order valence-corrected chi connectivity index (χ3v) is 7.57. The van der Waals surface area contributed by atoms with Crippen LogP contribution in [0.25, 0.3) is 0 Å². The Balaban J connectivity index is 5.08. The van der Waals surface area contributed by atoms with Crippen LogP contribution in [0.5, 0.6) is 0 Å². The quantitative estimate of drug-likeness (QED) is 0.201. The molecular formula is C20H35N3O8S3. The molecule has 14 heteroatoms. The molecule has 0 aromatic rings. The van der Waals surface area contributed by atoms with E-state index in [2.05, 4.69) is 25.4 Å². The van der Waals surface area contributed by atoms with Crippen molar-refractivity contribution in [2.75, 3.05) is 32.3 Å². The summed E-state index contributed by atoms with van der Waals surface area (Å²) in [6.07, 6.45) is -0.834. The summed E-state index contributed by atoms with van der Waals surface area (Å²) in [5.74, 6) is -1.86. The molecule has 0 aliphatic carbocycles. The number of carbonyl (C=O) groups is 5. The van der Waals surface area contributed by atoms with Crippen molar-refractivity contribution in [1.29, 1.82) is 0 Å². The maximum Gasteiger partial charge on any atom is 0.408 e. The van der Waals surface area contributed by atoms with Crippen LogP contribution in [0.1, 0.15) is 41.5 Å². The number of alkyl carbamates (subject to hydrolysis) is 1. The lowest BCUT2D eigenvalue weighted by Gasteiger charge is -2.23. The van der Waals surface area contributed by atoms with Gasteiger partial charge in [0, 0.05) is 16.3 Å². The van der Waals surface area contributed by atoms with E-state index in [-0.39, 0.29) is 22.8 Å². The lowest BCUT2D eigenvalue weighted by atomic mass is 10.2. The fraction of sp³-hybridized carbons (Fsp3) is 0.750. The van der Waals surface area contributed by atoms with Crippen LogP contribution in [-0.4, -0.2) is 83.9 Å². The molecule has 196 valence electrons. The zero-order valence-corrected chi connectivity index (χ0v) is 23.2. The average molecular weight is 542 g/mol. The minimum atomic E-state index is -1.15. The van der Waals surface area contributed by atoms with Crippen molar-refractivity contribution in [3.63, 3.8) is 0 Å². The van der Waals surface area contributed by atoms with Crippen molar-refractivity contribution >= 4 is 62.5 Å². The summed E-state index contributed by atoms with van der Waals surface area (Å²) in [5, 5.41) is 6.77. The summed E-state index contributed by atoms with van der Waals surface area (Å²) in [6.45, 7) is 10.7. The molecule has 0 fully saturated rings. The van der Waals surface area contributed by atoms with Gasteiger partial charge in [-0.25, -0.2) is 9.59 Å². The monoisotopic (exact) mass is 541 g/mol. The zero-order chi connectivity index (χ0) is 26.5. The molecule has 0 spiro atoms. The van der Waals surface area contributed by atoms with E-state index in [0.717, 1.165) is 7.11 Å². The van der Waals surface area contributed by atoms with Crippen LogP contribution in [0.3, 0.4) is 0 Å². The SMILES string of the molecule is COC(=O)CNC(=O)[C@H](CSSC(C)(C)C)NC(=O)SC[C@H](NC(=O)OC(C)(C)C)C(=O)OC. The second kappa shape index (κ2) is 15.2. The molecular weight excluding hydrogens is 506 g/mol. The standard InChI is InChI=1S/C20H35N3O8S3/c1-19(2,3)31-17(27)22-13(16(26)30-8)10-32-18(28)23-12(11-33-34-20(4,5)6)15(25)21-9-14(24)29-7/h12-13H,9-11H2,1-8H3,(H,21,25)(H,22,27)(H,23,28)/t12-,13-/m0/s1. The fourth-order valence-corrected chi connectivity index (χ4v) is 5.15. The summed E-state index contributed by atoms with van der Waals surface area (Å²) in [4.78, 5) is 60.4. The number of hydrogen-bond donors (Lipinski definition) is 3. The van der Waals surface area contributed by atoms with E-state index in [4.69, 9.17) is 4.74 Å². The number of ether oxygens (including phenoxy) is 3. The number of esters is 2. The van der Waals surface area contributed by atoms with Crippen LogP contribution in [0.4, 0.5) is 9.59 Å². The third kappa shape index (κ3) is 15.9. The molecule has 0 radical (unpaired) electrons. The highest BCUT2D eigenvalue weighted by Crippen LogP contribution is 2.35. The Kier molecular flexibility index (Phi) is 14.4. The number of methoxy groups -OCH3 is 2. The summed E-state index contributed by atoms with van der Waals surface area (Å²) in [6, 6.07) is -2.09. The average Bonchev–Trinajstić information content (AvgIpc) is 2.71. The Hall–Kier alpha value is -1.80. The number of carbonyl (C=O) groups excluding carboxylic acids is 5. The Morgan fingerprint density at radius 3 is 1.97 bits per heavy atom. The van der Waals surface area contributed by atoms with Gasteiger partial charge in [-0.2, -0.15) is 0 Å². The first-order chi connectivity index (χ1) is 15.6. The van der Waals surface area contributed by atoms with Crippen molar-refractivity contribution in [3.8, 4) is 0 Å². The van der Waals surface area contributed by atoms with Gasteiger partial charge in [0.1, 0.15) is 24.2 Å². The van der Waals surface area contributed by atoms with Crippen LogP contribution in [0, 0.1) is 0 Å². The van der Waals surface area contributed by atoms with E-state index >= 15 is 0 Å². The molecule has 34 heavy (non-hydrogen) atoms. The smallest absolute Gasteiger partial charge is 0.408 e. The van der Waals surface area contributed by atoms with Gasteiger partial charge >= 0.3 is 18.0 Å². The first-order valence-corrected chi connectivity index (χ1v) is 13.5. The third-order valence-electron chi connectivity index (χ3n) is 3.34. The maximum absolute atomic E-state index is 12.5. The molecule has 11 nitrogen and oxygen atoms in total. The van der Waals surface area contributed by atoms with Crippen LogP contribution in [-0.2, 0) is 28.6 Å². The number of thioether (sulfide) groups is 1. The molecule has 0 saturated heterocycles. The lowest BCUT2D eigenvalue weighted by Crippen LogP contribution is -2.49. The van der Waals surface area contributed by atoms with Crippen LogP contribution in [0.15, 0.2) is 0 Å². The first kappa shape index (κ1) is 32.2. The van der Waals surface area contributed by atoms with Crippen molar-refractivity contribution in [3.05, 3.63) is 0 Å². The Morgan fingerprint density at radius 2 is 1.47 bits per heavy atom. The molecule has 3 N–H and O–H groups in total. The van der Waals surface area contributed by atoms with E-state index in [1.807, 2.05) is 20.8 Å². The van der Waals surface area contributed by atoms with Gasteiger partial charge in [-0.15, -0.1) is 0 Å². The van der Waals surface area contributed by atoms with Gasteiger partial charge in [-0.1, -0.05) is 54.1 Å². The summed E-state index contributed by atoms with van der Waals surface area (Å²) in [7, 11) is 5.28. The maximum atomic E-state index is 12.5. The number of hydrogen-bond acceptors (Lipinski definition) is 11. The van der Waals surface area contributed by atoms with Crippen molar-refractivity contribution in [2.45, 2.75) is 64.0 Å². The van der Waals surface area contributed by atoms with Crippen LogP contribution >= 0.6 is 33.3 Å². The predicted molar refractivity (Wildman–Crippen MR) is 135 cm³/mol. The van der Waals surface area contributed by atoms with E-state index in [9.17, 15) is 24.0 Å². The van der Waals surface area contributed by atoms with Gasteiger partial charge < -0.3 is 30.2 Å². The lowest BCUT2D eigenvalue weighted by molar-refractivity contribution is -0.142. The Labute approximate surface area is 212 Å². The van der Waals surface area contributed by atoms with Gasteiger partial charge in [0.15, 0.2) is 0 Å². The van der Waals surface area contributed by atoms with Gasteiger partial charge in [0.05, 0.1) is 14.2 Å². The van der Waals surface area contributed by atoms with E-state index in [0.29, 0.717) is 11.8 Å². The van der Waals surface area contributed by atoms with E-state index in [1.165, 1.54) is 28.7 Å². The van der Waals surface area contributed by atoms with Gasteiger partial charge in [-0.05, 0) is 20.8 Å². The zero-order valence-electron chi connectivity index (χ0n) is 20.8. The van der Waals surface area contributed by atoms with Crippen LogP contribution in [0.2, 0.25) is 0 Å². The number of rotatable bonds is 11. The first-order valence-electron chi connectivity index (χ1n) is 10.2. The fourth-order valence-electron chi connectivity index (χ4n) is 1.92. The van der Waals surface area contributed by atoms with E-state index < -0.39 is 46.9 Å². The second-order valence-corrected chi connectivity index (χ2v) is 13.0. The van der Waals surface area contributed by atoms with Crippen molar-refractivity contribution in [1.82, 2.24) is 16.0 Å². The topological polar surface area (TPSA) is 149 Å². The minimum Gasteiger partial charge on any atom is -0.468 e. The second-order valence-electron chi connectivity index (χ2n) is 8.79. The minimum absolute atomic E-state index is 0.0719. The molecule has 0 aliphatic heterocycles. The van der Waals surface area contributed by atoms with Gasteiger partial charge in [0.2, 0.25) is 5.91 Å². The molecule has 0 aliphatic rings. The summed E-state index contributed by atoms with van der Waals surface area (Å²) < 4.78 is 14.2. The molecule has 0 rings (SSSR count). The highest BCUT2D eigenvalue weighted by Gasteiger charge is 2.28. The normalized spacial score (nSPS) is 13.2. The largest absolute Gasteiger partial charge is 0.468 e. The summed E-state index contributed by atoms with van der Waals surface area (Å²) >= 11 is 0.693. The molecule has 0 heterocycles. The van der Waals surface area contributed by atoms with Gasteiger partial charge in [0.25, 0.3) is 5.24 Å². The molecule has 0 bridgehead atoms. The Bertz CT molecular complexity index is 723. The predicted octanol–water partition coefficient (Wildman–Crippen LogP) is 2.33. The van der Waals surface area contributed by atoms with Gasteiger partial charge in [-0.3, -0.25) is 14.4 Å². The van der Waals surface area contributed by atoms with E-state index in [1.54, 1.807) is 20.8 Å². The molecule has 3 amide bonds. The molecule has 0 saturated carbocycles. The van der Waals surface area contributed by atoms with Crippen molar-refractivity contribution < 1.29 is 38.2 Å². The van der Waals surface area contributed by atoms with Crippen molar-refractivity contribution in [2.24, 2.45) is 0 Å². The van der Waals surface area contributed by atoms with Crippen LogP contribution < -0.4 is 16.0 Å². The molecule has 0 unspecified atom stereocenters. The molecule has 2 atom stereocenters. The Morgan fingerprint density at radius 1 is 0.853 bits per heavy atom. The molecule has 0 aromatic heterocycles. The summed E-state index contributed by atoms with van der Waals surface area (Å²) in [5.41, 5.74) is -0.775. The number of nitrogens with one attached hydrogen (secondary N) is 3. The molecule has 0 aromatic carbocycles.